The third-order valence-corrected chi connectivity index (χ3v) is 3.43. The normalized spacial score (nSPS) is 20.4. The lowest BCUT2D eigenvalue weighted by Crippen LogP contribution is -2.43. The highest BCUT2D eigenvalue weighted by atomic mass is 35.5. The minimum atomic E-state index is -2.67. The van der Waals surface area contributed by atoms with E-state index in [4.69, 9.17) is 21.4 Å². The number of carboxylic acids is 1. The Morgan fingerprint density at radius 2 is 2.20 bits per heavy atom. The number of fused-ring (bicyclic) bond motifs is 1. The molecular formula is C12H9ClF3O3P. The van der Waals surface area contributed by atoms with E-state index in [1.54, 1.807) is 9.24 Å². The molecule has 1 N–H and O–H groups in total. The molecule has 20 heavy (non-hydrogen) atoms. The van der Waals surface area contributed by atoms with Crippen LogP contribution in [0.25, 0.3) is 6.08 Å². The van der Waals surface area contributed by atoms with Gasteiger partial charge in [0.2, 0.25) is 0 Å². The highest BCUT2D eigenvalue weighted by Gasteiger charge is 2.44. The summed E-state index contributed by atoms with van der Waals surface area (Å²) in [4.78, 5) is 11.1. The highest BCUT2D eigenvalue weighted by molar-refractivity contribution is 7.18. The highest BCUT2D eigenvalue weighted by Crippen LogP contribution is 2.41. The molecule has 0 amide bonds. The van der Waals surface area contributed by atoms with Crippen molar-refractivity contribution in [3.05, 3.63) is 34.1 Å². The fourth-order valence-electron chi connectivity index (χ4n) is 1.84. The molecule has 2 rings (SSSR count). The molecular weight excluding hydrogens is 316 g/mol. The maximum atomic E-state index is 14.0. The average molecular weight is 325 g/mol. The third kappa shape index (κ3) is 2.63. The van der Waals surface area contributed by atoms with Crippen LogP contribution in [-0.4, -0.2) is 29.3 Å². The molecule has 0 aliphatic carbocycles. The number of hydrogen-bond donors (Lipinski definition) is 1. The van der Waals surface area contributed by atoms with E-state index >= 15 is 0 Å². The maximum absolute atomic E-state index is 14.0. The van der Waals surface area contributed by atoms with E-state index in [0.29, 0.717) is 0 Å². The van der Waals surface area contributed by atoms with Gasteiger partial charge < -0.3 is 9.84 Å². The van der Waals surface area contributed by atoms with Crippen molar-refractivity contribution in [2.24, 2.45) is 0 Å². The molecule has 0 radical (unpaired) electrons. The van der Waals surface area contributed by atoms with Crippen molar-refractivity contribution in [1.29, 1.82) is 0 Å². The summed E-state index contributed by atoms with van der Waals surface area (Å²) in [5.41, 5.74) is -0.461. The molecule has 0 aromatic heterocycles. The zero-order valence-electron chi connectivity index (χ0n) is 9.87. The van der Waals surface area contributed by atoms with Crippen LogP contribution in [-0.2, 0) is 4.79 Å². The third-order valence-electron chi connectivity index (χ3n) is 2.75. The van der Waals surface area contributed by atoms with Gasteiger partial charge in [-0.15, -0.1) is 0 Å². The Morgan fingerprint density at radius 3 is 2.75 bits per heavy atom. The molecule has 0 fully saturated rings. The SMILES string of the molecule is O=C(O)C1=Cc2cc(Cl)cc(F)c2OC1C(F)(P)CF. The molecule has 0 saturated heterocycles. The summed E-state index contributed by atoms with van der Waals surface area (Å²) in [6.45, 7) is -1.50. The first-order valence-electron chi connectivity index (χ1n) is 5.40. The molecule has 1 aromatic rings. The van der Waals surface area contributed by atoms with Gasteiger partial charge in [0.05, 0.1) is 5.57 Å². The number of hydrogen-bond acceptors (Lipinski definition) is 2. The molecule has 1 aromatic carbocycles. The Morgan fingerprint density at radius 1 is 1.55 bits per heavy atom. The molecule has 1 heterocycles. The number of alkyl halides is 2. The largest absolute Gasteiger partial charge is 0.478 e. The number of halogens is 4. The van der Waals surface area contributed by atoms with Crippen LogP contribution in [0.3, 0.4) is 0 Å². The van der Waals surface area contributed by atoms with Crippen molar-refractivity contribution in [3.63, 3.8) is 0 Å². The number of rotatable bonds is 3. The smallest absolute Gasteiger partial charge is 0.335 e. The molecule has 1 aliphatic heterocycles. The number of ether oxygens (including phenoxy) is 1. The van der Waals surface area contributed by atoms with Crippen molar-refractivity contribution in [2.45, 2.75) is 11.5 Å². The first kappa shape index (κ1) is 15.1. The second-order valence-corrected chi connectivity index (χ2v) is 5.67. The predicted molar refractivity (Wildman–Crippen MR) is 71.0 cm³/mol. The Bertz CT molecular complexity index is 604. The van der Waals surface area contributed by atoms with E-state index < -0.39 is 35.5 Å². The Hall–Kier alpha value is -1.26. The van der Waals surface area contributed by atoms with Crippen molar-refractivity contribution in [2.75, 3.05) is 6.67 Å². The van der Waals surface area contributed by atoms with Crippen molar-refractivity contribution < 1.29 is 27.8 Å². The van der Waals surface area contributed by atoms with Gasteiger partial charge in [0.25, 0.3) is 0 Å². The van der Waals surface area contributed by atoms with Gasteiger partial charge >= 0.3 is 5.97 Å². The van der Waals surface area contributed by atoms with E-state index in [2.05, 4.69) is 0 Å². The number of carbonyl (C=O) groups is 1. The summed E-state index contributed by atoms with van der Waals surface area (Å²) in [5.74, 6) is -2.72. The van der Waals surface area contributed by atoms with E-state index in [1.807, 2.05) is 0 Å². The fraction of sp³-hybridized carbons (Fsp3) is 0.250. The lowest BCUT2D eigenvalue weighted by Gasteiger charge is -2.32. The summed E-state index contributed by atoms with van der Waals surface area (Å²) < 4.78 is 45.5. The summed E-state index contributed by atoms with van der Waals surface area (Å²) in [5, 5.41) is 6.42. The Kier molecular flexibility index (Phi) is 3.98. The van der Waals surface area contributed by atoms with Crippen LogP contribution in [0.4, 0.5) is 13.2 Å². The van der Waals surface area contributed by atoms with E-state index in [-0.39, 0.29) is 16.3 Å². The van der Waals surface area contributed by atoms with Gasteiger partial charge in [-0.25, -0.2) is 18.0 Å². The van der Waals surface area contributed by atoms with Gasteiger partial charge in [-0.1, -0.05) is 20.8 Å². The second-order valence-electron chi connectivity index (χ2n) is 4.27. The minimum Gasteiger partial charge on any atom is -0.478 e. The molecule has 0 saturated carbocycles. The van der Waals surface area contributed by atoms with Crippen LogP contribution >= 0.6 is 20.8 Å². The molecule has 8 heteroatoms. The summed E-state index contributed by atoms with van der Waals surface area (Å²) in [7, 11) is 1.55. The van der Waals surface area contributed by atoms with E-state index in [1.165, 1.54) is 6.07 Å². The fourth-order valence-corrected chi connectivity index (χ4v) is 2.30. The zero-order chi connectivity index (χ0) is 15.1. The molecule has 1 aliphatic rings. The van der Waals surface area contributed by atoms with Crippen molar-refractivity contribution in [3.8, 4) is 5.75 Å². The van der Waals surface area contributed by atoms with Crippen LogP contribution in [0.15, 0.2) is 17.7 Å². The van der Waals surface area contributed by atoms with Gasteiger partial charge in [-0.2, -0.15) is 0 Å². The molecule has 3 nitrogen and oxygen atoms in total. The molecule has 108 valence electrons. The molecule has 3 unspecified atom stereocenters. The van der Waals surface area contributed by atoms with Gasteiger partial charge in [0, 0.05) is 10.6 Å². The van der Waals surface area contributed by atoms with Crippen molar-refractivity contribution in [1.82, 2.24) is 0 Å². The Balaban J connectivity index is 2.59. The average Bonchev–Trinajstić information content (AvgIpc) is 2.37. The number of aliphatic carboxylic acids is 1. The molecule has 0 bridgehead atoms. The van der Waals surface area contributed by atoms with Crippen LogP contribution in [0.5, 0.6) is 5.75 Å². The molecule has 3 atom stereocenters. The topological polar surface area (TPSA) is 46.5 Å². The first-order valence-corrected chi connectivity index (χ1v) is 6.36. The number of carboxylic acid groups (broad SMARTS) is 1. The van der Waals surface area contributed by atoms with Crippen LogP contribution in [0, 0.1) is 5.82 Å². The van der Waals surface area contributed by atoms with E-state index in [9.17, 15) is 18.0 Å². The Labute approximate surface area is 119 Å². The van der Waals surface area contributed by atoms with Gasteiger partial charge in [0.15, 0.2) is 23.1 Å². The lowest BCUT2D eigenvalue weighted by molar-refractivity contribution is -0.134. The maximum Gasteiger partial charge on any atom is 0.335 e. The second kappa shape index (κ2) is 5.26. The van der Waals surface area contributed by atoms with Crippen molar-refractivity contribution >= 4 is 32.9 Å². The predicted octanol–water partition coefficient (Wildman–Crippen LogP) is 3.22. The van der Waals surface area contributed by atoms with Gasteiger partial charge in [-0.3, -0.25) is 0 Å². The van der Waals surface area contributed by atoms with Crippen LogP contribution in [0.1, 0.15) is 5.56 Å². The van der Waals surface area contributed by atoms with Gasteiger partial charge in [-0.05, 0) is 18.2 Å². The quantitative estimate of drug-likeness (QED) is 0.868. The van der Waals surface area contributed by atoms with Crippen LogP contribution in [0.2, 0.25) is 5.02 Å². The molecule has 0 spiro atoms. The minimum absolute atomic E-state index is 0.0344. The van der Waals surface area contributed by atoms with Crippen LogP contribution < -0.4 is 4.74 Å². The van der Waals surface area contributed by atoms with E-state index in [0.717, 1.165) is 12.1 Å². The van der Waals surface area contributed by atoms with Gasteiger partial charge in [0.1, 0.15) is 6.67 Å². The zero-order valence-corrected chi connectivity index (χ0v) is 11.8. The first-order chi connectivity index (χ1) is 9.26. The standard InChI is InChI=1S/C12H9ClF3O3P/c13-6-1-5-2-7(11(17)18)10(12(16,20)4-14)19-9(5)8(15)3-6/h1-3,10H,4,20H2,(H,17,18). The summed E-state index contributed by atoms with van der Waals surface area (Å²) >= 11 is 5.65. The summed E-state index contributed by atoms with van der Waals surface area (Å²) in [6, 6.07) is 2.21. The lowest BCUT2D eigenvalue weighted by atomic mass is 9.98. The monoisotopic (exact) mass is 324 g/mol. The number of benzene rings is 1. The summed E-state index contributed by atoms with van der Waals surface area (Å²) in [6.07, 6.45) is -0.757.